The fourth-order valence-electron chi connectivity index (χ4n) is 2.58. The molecule has 0 bridgehead atoms. The molecule has 8 nitrogen and oxygen atoms in total. The highest BCUT2D eigenvalue weighted by molar-refractivity contribution is 5.95. The van der Waals surface area contributed by atoms with Crippen LogP contribution in [0.25, 0.3) is 5.57 Å². The molecule has 0 aliphatic carbocycles. The second-order valence-corrected chi connectivity index (χ2v) is 6.67. The molecule has 1 aliphatic rings. The van der Waals surface area contributed by atoms with Crippen molar-refractivity contribution >= 4 is 23.3 Å². The number of benzene rings is 1. The van der Waals surface area contributed by atoms with Gasteiger partial charge in [0.25, 0.3) is 5.69 Å². The van der Waals surface area contributed by atoms with Crippen LogP contribution in [-0.4, -0.2) is 45.7 Å². The van der Waals surface area contributed by atoms with Crippen LogP contribution in [0.2, 0.25) is 0 Å². The molecule has 25 heavy (non-hydrogen) atoms. The molecule has 1 aliphatic heterocycles. The van der Waals surface area contributed by atoms with E-state index in [4.69, 9.17) is 9.84 Å². The summed E-state index contributed by atoms with van der Waals surface area (Å²) in [6, 6.07) is 4.22. The fraction of sp³-hybridized carbons (Fsp3) is 0.412. The van der Waals surface area contributed by atoms with E-state index >= 15 is 0 Å². The Labute approximate surface area is 144 Å². The van der Waals surface area contributed by atoms with E-state index in [0.717, 1.165) is 0 Å². The molecule has 2 rings (SSSR count). The van der Waals surface area contributed by atoms with Crippen molar-refractivity contribution < 1.29 is 24.4 Å². The molecule has 0 unspecified atom stereocenters. The molecule has 0 fully saturated rings. The van der Waals surface area contributed by atoms with Gasteiger partial charge in [-0.05, 0) is 44.9 Å². The largest absolute Gasteiger partial charge is 0.477 e. The van der Waals surface area contributed by atoms with Gasteiger partial charge in [0.05, 0.1) is 10.5 Å². The molecule has 0 aromatic heterocycles. The van der Waals surface area contributed by atoms with Crippen LogP contribution < -0.4 is 0 Å². The van der Waals surface area contributed by atoms with E-state index in [1.807, 2.05) is 0 Å². The van der Waals surface area contributed by atoms with Gasteiger partial charge in [0.2, 0.25) is 0 Å². The minimum absolute atomic E-state index is 0.249. The van der Waals surface area contributed by atoms with Crippen LogP contribution in [0, 0.1) is 10.1 Å². The van der Waals surface area contributed by atoms with Gasteiger partial charge in [-0.25, -0.2) is 9.59 Å². The molecule has 0 saturated carbocycles. The summed E-state index contributed by atoms with van der Waals surface area (Å²) in [6.45, 7) is 5.92. The van der Waals surface area contributed by atoms with Gasteiger partial charge < -0.3 is 14.7 Å². The van der Waals surface area contributed by atoms with Crippen molar-refractivity contribution in [2.24, 2.45) is 0 Å². The normalized spacial score (nSPS) is 14.7. The highest BCUT2D eigenvalue weighted by Crippen LogP contribution is 2.33. The molecule has 8 heteroatoms. The van der Waals surface area contributed by atoms with E-state index < -0.39 is 28.3 Å². The van der Waals surface area contributed by atoms with Gasteiger partial charge in [-0.15, -0.1) is 0 Å². The zero-order chi connectivity index (χ0) is 18.8. The molecule has 0 atom stereocenters. The zero-order valence-corrected chi connectivity index (χ0v) is 14.3. The van der Waals surface area contributed by atoms with Crippen LogP contribution in [-0.2, 0) is 4.74 Å². The quantitative estimate of drug-likeness (QED) is 0.663. The van der Waals surface area contributed by atoms with Crippen molar-refractivity contribution in [2.75, 3.05) is 13.1 Å². The summed E-state index contributed by atoms with van der Waals surface area (Å²) in [5.41, 5.74) is -0.455. The molecule has 134 valence electrons. The Morgan fingerprint density at radius 3 is 2.48 bits per heavy atom. The maximum absolute atomic E-state index is 12.1. The number of rotatable bonds is 3. The number of carbonyl (C=O) groups excluding carboxylic acids is 1. The molecule has 0 spiro atoms. The number of carboxylic acid groups (broad SMARTS) is 1. The molecular formula is C17H20N2O6. The third-order valence-corrected chi connectivity index (χ3v) is 3.66. The first-order valence-electron chi connectivity index (χ1n) is 7.78. The van der Waals surface area contributed by atoms with Crippen LogP contribution in [0.5, 0.6) is 0 Å². The first-order chi connectivity index (χ1) is 11.6. The second-order valence-electron chi connectivity index (χ2n) is 6.67. The third-order valence-electron chi connectivity index (χ3n) is 3.66. The summed E-state index contributed by atoms with van der Waals surface area (Å²) in [5, 5.41) is 20.5. The van der Waals surface area contributed by atoms with Crippen LogP contribution in [0.1, 0.15) is 43.1 Å². The van der Waals surface area contributed by atoms with Crippen LogP contribution in [0.15, 0.2) is 24.3 Å². The number of ether oxygens (including phenoxy) is 1. The predicted molar refractivity (Wildman–Crippen MR) is 90.5 cm³/mol. The predicted octanol–water partition coefficient (Wildman–Crippen LogP) is 3.32. The lowest BCUT2D eigenvalue weighted by atomic mass is 9.95. The lowest BCUT2D eigenvalue weighted by Gasteiger charge is -2.29. The number of aromatic carboxylic acids is 1. The van der Waals surface area contributed by atoms with Gasteiger partial charge in [0.15, 0.2) is 0 Å². The molecule has 1 heterocycles. The molecule has 1 aromatic rings. The zero-order valence-electron chi connectivity index (χ0n) is 14.3. The van der Waals surface area contributed by atoms with Crippen molar-refractivity contribution in [2.45, 2.75) is 32.8 Å². The molecular weight excluding hydrogens is 328 g/mol. The monoisotopic (exact) mass is 348 g/mol. The van der Waals surface area contributed by atoms with Gasteiger partial charge in [0.1, 0.15) is 11.2 Å². The number of amides is 1. The minimum Gasteiger partial charge on any atom is -0.477 e. The Kier molecular flexibility index (Phi) is 5.10. The Morgan fingerprint density at radius 2 is 2.00 bits per heavy atom. The first-order valence-corrected chi connectivity index (χ1v) is 7.78. The average molecular weight is 348 g/mol. The van der Waals surface area contributed by atoms with Crippen molar-refractivity contribution in [3.05, 3.63) is 45.5 Å². The van der Waals surface area contributed by atoms with Crippen LogP contribution >= 0.6 is 0 Å². The summed E-state index contributed by atoms with van der Waals surface area (Å²) in [4.78, 5) is 35.5. The number of nitro benzene ring substituents is 1. The summed E-state index contributed by atoms with van der Waals surface area (Å²) < 4.78 is 5.30. The van der Waals surface area contributed by atoms with Gasteiger partial charge in [-0.1, -0.05) is 12.1 Å². The second kappa shape index (κ2) is 6.92. The van der Waals surface area contributed by atoms with Crippen LogP contribution in [0.3, 0.4) is 0 Å². The topological polar surface area (TPSA) is 110 Å². The van der Waals surface area contributed by atoms with Gasteiger partial charge in [0, 0.05) is 13.1 Å². The molecule has 1 aromatic carbocycles. The standard InChI is InChI=1S/C17H20N2O6/c1-17(2,3)25-16(22)18-9-7-11(8-10-18)12-5-4-6-13(15(20)21)14(12)19(23)24/h4-7H,8-10H2,1-3H3,(H,20,21). The number of nitrogens with zero attached hydrogens (tertiary/aromatic N) is 2. The number of hydrogen-bond acceptors (Lipinski definition) is 5. The van der Waals surface area contributed by atoms with Crippen molar-refractivity contribution in [1.82, 2.24) is 4.90 Å². The van der Waals surface area contributed by atoms with Gasteiger partial charge in [-0.2, -0.15) is 0 Å². The summed E-state index contributed by atoms with van der Waals surface area (Å²) in [5.74, 6) is -1.35. The lowest BCUT2D eigenvalue weighted by Crippen LogP contribution is -2.39. The fourth-order valence-corrected chi connectivity index (χ4v) is 2.58. The number of nitro groups is 1. The average Bonchev–Trinajstić information content (AvgIpc) is 2.52. The third kappa shape index (κ3) is 4.34. The molecule has 0 saturated heterocycles. The summed E-state index contributed by atoms with van der Waals surface area (Å²) in [7, 11) is 0. The molecule has 1 N–H and O–H groups in total. The maximum Gasteiger partial charge on any atom is 0.410 e. The first kappa shape index (κ1) is 18.4. The van der Waals surface area contributed by atoms with E-state index in [9.17, 15) is 19.7 Å². The van der Waals surface area contributed by atoms with Crippen LogP contribution in [0.4, 0.5) is 10.5 Å². The SMILES string of the molecule is CC(C)(C)OC(=O)N1CC=C(c2cccc(C(=O)O)c2[N+](=O)[O-])CC1. The summed E-state index contributed by atoms with van der Waals surface area (Å²) >= 11 is 0. The number of para-hydroxylation sites is 1. The van der Waals surface area contributed by atoms with Crippen molar-refractivity contribution in [1.29, 1.82) is 0 Å². The highest BCUT2D eigenvalue weighted by atomic mass is 16.6. The Balaban J connectivity index is 2.28. The van der Waals surface area contributed by atoms with E-state index in [0.29, 0.717) is 18.5 Å². The maximum atomic E-state index is 12.1. The van der Waals surface area contributed by atoms with E-state index in [2.05, 4.69) is 0 Å². The lowest BCUT2D eigenvalue weighted by molar-refractivity contribution is -0.385. The van der Waals surface area contributed by atoms with Crippen molar-refractivity contribution in [3.63, 3.8) is 0 Å². The number of carboxylic acids is 1. The van der Waals surface area contributed by atoms with Gasteiger partial charge >= 0.3 is 12.1 Å². The van der Waals surface area contributed by atoms with E-state index in [1.54, 1.807) is 26.8 Å². The van der Waals surface area contributed by atoms with E-state index in [1.165, 1.54) is 23.1 Å². The van der Waals surface area contributed by atoms with E-state index in [-0.39, 0.29) is 17.7 Å². The Hall–Kier alpha value is -2.90. The molecule has 1 amide bonds. The molecule has 0 radical (unpaired) electrons. The highest BCUT2D eigenvalue weighted by Gasteiger charge is 2.29. The number of carbonyl (C=O) groups is 2. The Bertz CT molecular complexity index is 748. The van der Waals surface area contributed by atoms with Crippen molar-refractivity contribution in [3.8, 4) is 0 Å². The smallest absolute Gasteiger partial charge is 0.410 e. The minimum atomic E-state index is -1.35. The summed E-state index contributed by atoms with van der Waals surface area (Å²) in [6.07, 6.45) is 1.63. The van der Waals surface area contributed by atoms with Gasteiger partial charge in [-0.3, -0.25) is 10.1 Å². The number of hydrogen-bond donors (Lipinski definition) is 1. The Morgan fingerprint density at radius 1 is 1.32 bits per heavy atom.